The van der Waals surface area contributed by atoms with Crippen molar-refractivity contribution in [3.8, 4) is 0 Å². The first-order chi connectivity index (χ1) is 9.83. The molecule has 0 unspecified atom stereocenters. The molecule has 1 aromatic rings. The summed E-state index contributed by atoms with van der Waals surface area (Å²) in [5.41, 5.74) is 0.520. The molecule has 1 rings (SSSR count). The molecule has 0 aliphatic rings. The molecule has 1 N–H and O–H groups in total. The zero-order valence-corrected chi connectivity index (χ0v) is 14.5. The topological polar surface area (TPSA) is 56.2 Å². The van der Waals surface area contributed by atoms with Crippen molar-refractivity contribution in [1.82, 2.24) is 14.9 Å². The predicted octanol–water partition coefficient (Wildman–Crippen LogP) is 3.61. The van der Waals surface area contributed by atoms with Crippen LogP contribution in [0, 0.1) is 0 Å². The van der Waals surface area contributed by atoms with Gasteiger partial charge in [0.2, 0.25) is 0 Å². The number of nitrogens with one attached hydrogen (secondary N) is 1. The standard InChI is InChI=1S/C15H27N3O2S/c1-12(17-14(19)20-15(2,3)4)13-10-16-11-18(13)8-6-7-9-21-5/h10-12H,6-9H2,1-5H3,(H,17,19)/t12-/m1/s1. The third kappa shape index (κ3) is 6.89. The molecule has 0 spiro atoms. The minimum Gasteiger partial charge on any atom is -0.444 e. The van der Waals surface area contributed by atoms with Crippen LogP contribution in [0.1, 0.15) is 52.3 Å². The van der Waals surface area contributed by atoms with E-state index in [0.29, 0.717) is 0 Å². The molecule has 0 aromatic carbocycles. The van der Waals surface area contributed by atoms with E-state index in [1.807, 2.05) is 45.8 Å². The predicted molar refractivity (Wildman–Crippen MR) is 87.6 cm³/mol. The van der Waals surface area contributed by atoms with Gasteiger partial charge < -0.3 is 14.6 Å². The number of hydrogen-bond donors (Lipinski definition) is 1. The van der Waals surface area contributed by atoms with Gasteiger partial charge in [0.25, 0.3) is 0 Å². The molecule has 1 aromatic heterocycles. The van der Waals surface area contributed by atoms with Gasteiger partial charge in [-0.15, -0.1) is 0 Å². The Morgan fingerprint density at radius 3 is 2.81 bits per heavy atom. The third-order valence-corrected chi connectivity index (χ3v) is 3.62. The van der Waals surface area contributed by atoms with Gasteiger partial charge >= 0.3 is 6.09 Å². The Hall–Kier alpha value is -1.17. The number of nitrogens with zero attached hydrogens (tertiary/aromatic N) is 2. The van der Waals surface area contributed by atoms with E-state index >= 15 is 0 Å². The molecule has 21 heavy (non-hydrogen) atoms. The molecule has 1 amide bonds. The van der Waals surface area contributed by atoms with E-state index in [2.05, 4.69) is 21.1 Å². The van der Waals surface area contributed by atoms with E-state index in [1.165, 1.54) is 12.2 Å². The van der Waals surface area contributed by atoms with Crippen LogP contribution in [0.15, 0.2) is 12.5 Å². The zero-order valence-electron chi connectivity index (χ0n) is 13.7. The number of carbonyl (C=O) groups is 1. The van der Waals surface area contributed by atoms with Crippen molar-refractivity contribution in [1.29, 1.82) is 0 Å². The molecule has 0 aliphatic carbocycles. The lowest BCUT2D eigenvalue weighted by Gasteiger charge is -2.22. The zero-order chi connectivity index (χ0) is 15.9. The number of unbranched alkanes of at least 4 members (excludes halogenated alkanes) is 1. The van der Waals surface area contributed by atoms with Crippen LogP contribution in [-0.2, 0) is 11.3 Å². The summed E-state index contributed by atoms with van der Waals surface area (Å²) < 4.78 is 7.38. The largest absolute Gasteiger partial charge is 0.444 e. The average Bonchev–Trinajstić information content (AvgIpc) is 2.80. The molecule has 1 atom stereocenters. The van der Waals surface area contributed by atoms with Crippen molar-refractivity contribution in [3.63, 3.8) is 0 Å². The Balaban J connectivity index is 2.52. The first-order valence-corrected chi connectivity index (χ1v) is 8.71. The second-order valence-electron chi connectivity index (χ2n) is 6.08. The van der Waals surface area contributed by atoms with Crippen LogP contribution in [0.2, 0.25) is 0 Å². The smallest absolute Gasteiger partial charge is 0.408 e. The van der Waals surface area contributed by atoms with Gasteiger partial charge in [0.1, 0.15) is 5.60 Å². The Kier molecular flexibility index (Phi) is 7.08. The van der Waals surface area contributed by atoms with E-state index in [1.54, 1.807) is 6.20 Å². The maximum absolute atomic E-state index is 11.8. The first-order valence-electron chi connectivity index (χ1n) is 7.32. The number of alkyl carbamates (subject to hydrolysis) is 1. The third-order valence-electron chi connectivity index (χ3n) is 2.92. The molecule has 1 heterocycles. The van der Waals surface area contributed by atoms with E-state index in [4.69, 9.17) is 4.74 Å². The van der Waals surface area contributed by atoms with Crippen molar-refractivity contribution >= 4 is 17.9 Å². The van der Waals surface area contributed by atoms with Crippen LogP contribution in [-0.4, -0.2) is 33.3 Å². The number of aromatic nitrogens is 2. The summed E-state index contributed by atoms with van der Waals surface area (Å²) in [7, 11) is 0. The number of carbonyl (C=O) groups excluding carboxylic acids is 1. The van der Waals surface area contributed by atoms with E-state index in [-0.39, 0.29) is 6.04 Å². The molecule has 5 nitrogen and oxygen atoms in total. The van der Waals surface area contributed by atoms with Crippen molar-refractivity contribution in [2.45, 2.75) is 58.7 Å². The summed E-state index contributed by atoms with van der Waals surface area (Å²) in [6, 6.07) is -0.122. The fourth-order valence-electron chi connectivity index (χ4n) is 1.97. The normalized spacial score (nSPS) is 13.0. The molecule has 0 bridgehead atoms. The summed E-state index contributed by atoms with van der Waals surface area (Å²) in [4.78, 5) is 16.0. The highest BCUT2D eigenvalue weighted by atomic mass is 32.2. The van der Waals surface area contributed by atoms with Gasteiger partial charge in [-0.25, -0.2) is 9.78 Å². The molecule has 120 valence electrons. The lowest BCUT2D eigenvalue weighted by atomic mass is 10.2. The highest BCUT2D eigenvalue weighted by molar-refractivity contribution is 7.98. The summed E-state index contributed by atoms with van der Waals surface area (Å²) in [6.45, 7) is 8.43. The quantitative estimate of drug-likeness (QED) is 0.781. The number of imidazole rings is 1. The molecular weight excluding hydrogens is 286 g/mol. The summed E-state index contributed by atoms with van der Waals surface area (Å²) in [5, 5.41) is 2.85. The lowest BCUT2D eigenvalue weighted by Crippen LogP contribution is -2.34. The molecular formula is C15H27N3O2S. The Morgan fingerprint density at radius 1 is 1.48 bits per heavy atom. The maximum Gasteiger partial charge on any atom is 0.408 e. The van der Waals surface area contributed by atoms with Crippen molar-refractivity contribution in [2.24, 2.45) is 0 Å². The van der Waals surface area contributed by atoms with Crippen LogP contribution < -0.4 is 5.32 Å². The first kappa shape index (κ1) is 17.9. The van der Waals surface area contributed by atoms with Crippen LogP contribution in [0.3, 0.4) is 0 Å². The van der Waals surface area contributed by atoms with Crippen molar-refractivity contribution in [3.05, 3.63) is 18.2 Å². The Morgan fingerprint density at radius 2 is 2.19 bits per heavy atom. The molecule has 6 heteroatoms. The van der Waals surface area contributed by atoms with Crippen LogP contribution in [0.5, 0.6) is 0 Å². The number of rotatable bonds is 7. The maximum atomic E-state index is 11.8. The molecule has 0 fully saturated rings. The van der Waals surface area contributed by atoms with E-state index < -0.39 is 11.7 Å². The number of hydrogen-bond acceptors (Lipinski definition) is 4. The average molecular weight is 313 g/mol. The monoisotopic (exact) mass is 313 g/mol. The van der Waals surface area contributed by atoms with Crippen LogP contribution >= 0.6 is 11.8 Å². The van der Waals surface area contributed by atoms with Gasteiger partial charge in [0.15, 0.2) is 0 Å². The second kappa shape index (κ2) is 8.32. The fraction of sp³-hybridized carbons (Fsp3) is 0.733. The van der Waals surface area contributed by atoms with Gasteiger partial charge in [-0.1, -0.05) is 0 Å². The Labute approximate surface area is 131 Å². The number of amides is 1. The number of ether oxygens (including phenoxy) is 1. The minimum atomic E-state index is -0.484. The van der Waals surface area contributed by atoms with Gasteiger partial charge in [0, 0.05) is 6.54 Å². The summed E-state index contributed by atoms with van der Waals surface area (Å²) in [5.74, 6) is 1.18. The highest BCUT2D eigenvalue weighted by Crippen LogP contribution is 2.15. The number of thioether (sulfide) groups is 1. The van der Waals surface area contributed by atoms with Crippen LogP contribution in [0.4, 0.5) is 4.79 Å². The van der Waals surface area contributed by atoms with Crippen molar-refractivity contribution < 1.29 is 9.53 Å². The number of aryl methyl sites for hydroxylation is 1. The van der Waals surface area contributed by atoms with Gasteiger partial charge in [-0.2, -0.15) is 11.8 Å². The molecule has 0 saturated carbocycles. The van der Waals surface area contributed by atoms with E-state index in [9.17, 15) is 4.79 Å². The van der Waals surface area contributed by atoms with Crippen LogP contribution in [0.25, 0.3) is 0 Å². The van der Waals surface area contributed by atoms with Gasteiger partial charge in [0.05, 0.1) is 24.3 Å². The Bertz CT molecular complexity index is 440. The molecule has 0 radical (unpaired) electrons. The van der Waals surface area contributed by atoms with Gasteiger partial charge in [-0.3, -0.25) is 0 Å². The minimum absolute atomic E-state index is 0.122. The SMILES string of the molecule is CSCCCCn1cncc1[C@@H](C)NC(=O)OC(C)(C)C. The summed E-state index contributed by atoms with van der Waals surface area (Å²) in [6.07, 6.45) is 7.65. The van der Waals surface area contributed by atoms with Gasteiger partial charge in [-0.05, 0) is 52.5 Å². The summed E-state index contributed by atoms with van der Waals surface area (Å²) >= 11 is 1.86. The molecule has 0 saturated heterocycles. The molecule has 0 aliphatic heterocycles. The second-order valence-corrected chi connectivity index (χ2v) is 7.07. The highest BCUT2D eigenvalue weighted by Gasteiger charge is 2.19. The fourth-order valence-corrected chi connectivity index (χ4v) is 2.46. The lowest BCUT2D eigenvalue weighted by molar-refractivity contribution is 0.0506. The van der Waals surface area contributed by atoms with Crippen molar-refractivity contribution in [2.75, 3.05) is 12.0 Å². The van der Waals surface area contributed by atoms with E-state index in [0.717, 1.165) is 18.7 Å².